The number of hydrogen-bond donors (Lipinski definition) is 3. The van der Waals surface area contributed by atoms with E-state index in [4.69, 9.17) is 18.9 Å². The fourth-order valence-corrected chi connectivity index (χ4v) is 7.17. The number of anilines is 1. The van der Waals surface area contributed by atoms with Gasteiger partial charge in [0.15, 0.2) is 6.29 Å². The van der Waals surface area contributed by atoms with Crippen molar-refractivity contribution in [3.63, 3.8) is 0 Å². The van der Waals surface area contributed by atoms with Gasteiger partial charge in [-0.3, -0.25) is 4.90 Å². The molecule has 9 nitrogen and oxygen atoms in total. The van der Waals surface area contributed by atoms with Crippen molar-refractivity contribution in [3.05, 3.63) is 150 Å². The minimum absolute atomic E-state index is 0.00916. The summed E-state index contributed by atoms with van der Waals surface area (Å²) >= 11 is 0. The average Bonchev–Trinajstić information content (AvgIpc) is 3.64. The summed E-state index contributed by atoms with van der Waals surface area (Å²) in [5.41, 5.74) is 6.62. The van der Waals surface area contributed by atoms with Crippen molar-refractivity contribution < 1.29 is 28.8 Å². The lowest BCUT2D eigenvalue weighted by atomic mass is 9.97. The third kappa shape index (κ3) is 9.50. The zero-order valence-corrected chi connectivity index (χ0v) is 30.0. The number of amides is 2. The van der Waals surface area contributed by atoms with E-state index in [9.17, 15) is 9.90 Å². The fraction of sp³-hybridized carbons (Fsp3) is 0.295. The Morgan fingerprint density at radius 3 is 2.30 bits per heavy atom. The van der Waals surface area contributed by atoms with Crippen molar-refractivity contribution in [1.29, 1.82) is 0 Å². The van der Waals surface area contributed by atoms with Crippen molar-refractivity contribution in [1.82, 2.24) is 10.2 Å². The van der Waals surface area contributed by atoms with Crippen molar-refractivity contribution in [3.8, 4) is 22.6 Å². The summed E-state index contributed by atoms with van der Waals surface area (Å²) in [7, 11) is 1.77. The minimum Gasteiger partial charge on any atom is -0.457 e. The van der Waals surface area contributed by atoms with Gasteiger partial charge in [0.05, 0.1) is 25.4 Å². The number of aliphatic hydroxyl groups excluding tert-OH is 1. The standard InChI is InChI=1S/C44H47N3O6/c1-50-30-37-9-7-25-47(37)28-40-26-42(33-15-13-31(29-48)14-16-33)53-43(52-40)34-19-17-32(18-20-34)41-12-6-5-8-35(41)27-45-44(49)46-36-21-23-39(24-22-36)51-38-10-3-2-4-11-38/h2-6,8,10-24,37,40,42-43,48H,7,9,25-30H2,1H3,(H2,45,46,49)/t37-,40+,42-,43-/m0/s1. The van der Waals surface area contributed by atoms with E-state index < -0.39 is 6.29 Å². The van der Waals surface area contributed by atoms with Crippen molar-refractivity contribution >= 4 is 11.7 Å². The Bertz CT molecular complexity index is 1900. The molecule has 2 aliphatic rings. The minimum atomic E-state index is -0.534. The molecule has 0 spiro atoms. The molecule has 2 heterocycles. The lowest BCUT2D eigenvalue weighted by Gasteiger charge is -2.38. The maximum absolute atomic E-state index is 12.9. The molecule has 0 saturated carbocycles. The number of rotatable bonds is 13. The van der Waals surface area contributed by atoms with Crippen molar-refractivity contribution in [2.45, 2.75) is 57.0 Å². The largest absolute Gasteiger partial charge is 0.457 e. The highest BCUT2D eigenvalue weighted by atomic mass is 16.7. The molecule has 2 fully saturated rings. The SMILES string of the molecule is COC[C@@H]1CCCN1C[C@H]1C[C@@H](c2ccc(CO)cc2)O[C@@H](c2ccc(-c3ccccc3CNC(=O)Nc3ccc(Oc4ccccc4)cc3)cc2)O1. The molecule has 0 bridgehead atoms. The van der Waals surface area contributed by atoms with Crippen LogP contribution < -0.4 is 15.4 Å². The number of aliphatic hydroxyl groups is 1. The Labute approximate surface area is 311 Å². The van der Waals surface area contributed by atoms with E-state index in [1.54, 1.807) is 7.11 Å². The molecule has 0 unspecified atom stereocenters. The van der Waals surface area contributed by atoms with Gasteiger partial charge >= 0.3 is 6.03 Å². The van der Waals surface area contributed by atoms with Crippen LogP contribution in [0.2, 0.25) is 0 Å². The van der Waals surface area contributed by atoms with E-state index in [1.165, 1.54) is 0 Å². The van der Waals surface area contributed by atoms with Crippen LogP contribution in [0.3, 0.4) is 0 Å². The first-order valence-corrected chi connectivity index (χ1v) is 18.3. The normalized spacial score (nSPS) is 20.2. The molecule has 0 aliphatic carbocycles. The summed E-state index contributed by atoms with van der Waals surface area (Å²) in [6.07, 6.45) is 2.34. The number of ether oxygens (including phenoxy) is 4. The lowest BCUT2D eigenvalue weighted by Crippen LogP contribution is -2.42. The van der Waals surface area contributed by atoms with Gasteiger partial charge in [-0.15, -0.1) is 0 Å². The number of hydrogen-bond acceptors (Lipinski definition) is 7. The number of benzene rings is 5. The van der Waals surface area contributed by atoms with Crippen LogP contribution >= 0.6 is 0 Å². The maximum atomic E-state index is 12.9. The van der Waals surface area contributed by atoms with Crippen LogP contribution in [0.25, 0.3) is 11.1 Å². The van der Waals surface area contributed by atoms with Crippen LogP contribution in [-0.2, 0) is 27.4 Å². The highest BCUT2D eigenvalue weighted by molar-refractivity contribution is 5.89. The number of nitrogens with zero attached hydrogens (tertiary/aromatic N) is 1. The van der Waals surface area contributed by atoms with E-state index in [0.717, 1.165) is 78.1 Å². The van der Waals surface area contributed by atoms with Gasteiger partial charge in [-0.2, -0.15) is 0 Å². The second kappa shape index (κ2) is 17.7. The van der Waals surface area contributed by atoms with Crippen LogP contribution in [0.15, 0.2) is 127 Å². The van der Waals surface area contributed by atoms with Gasteiger partial charge in [0.1, 0.15) is 11.5 Å². The van der Waals surface area contributed by atoms with Crippen LogP contribution in [-0.4, -0.2) is 55.0 Å². The summed E-state index contributed by atoms with van der Waals surface area (Å²) in [6.45, 7) is 2.94. The topological polar surface area (TPSA) is 102 Å². The maximum Gasteiger partial charge on any atom is 0.319 e. The first kappa shape index (κ1) is 36.3. The predicted octanol–water partition coefficient (Wildman–Crippen LogP) is 8.62. The van der Waals surface area contributed by atoms with Crippen LogP contribution in [0.5, 0.6) is 11.5 Å². The van der Waals surface area contributed by atoms with Crippen molar-refractivity contribution in [2.24, 2.45) is 0 Å². The van der Waals surface area contributed by atoms with Gasteiger partial charge in [-0.25, -0.2) is 4.79 Å². The lowest BCUT2D eigenvalue weighted by molar-refractivity contribution is -0.253. The average molecular weight is 714 g/mol. The summed E-state index contributed by atoms with van der Waals surface area (Å²) in [4.78, 5) is 15.4. The van der Waals surface area contributed by atoms with Crippen molar-refractivity contribution in [2.75, 3.05) is 32.1 Å². The molecule has 2 aliphatic heterocycles. The highest BCUT2D eigenvalue weighted by Gasteiger charge is 2.35. The Balaban J connectivity index is 1.00. The highest BCUT2D eigenvalue weighted by Crippen LogP contribution is 2.39. The summed E-state index contributed by atoms with van der Waals surface area (Å²) in [5, 5.41) is 15.5. The molecule has 4 atom stereocenters. The zero-order valence-electron chi connectivity index (χ0n) is 30.0. The Morgan fingerprint density at radius 2 is 1.55 bits per heavy atom. The Morgan fingerprint density at radius 1 is 0.830 bits per heavy atom. The predicted molar refractivity (Wildman–Crippen MR) is 206 cm³/mol. The van der Waals surface area contributed by atoms with E-state index in [2.05, 4.69) is 45.9 Å². The van der Waals surface area contributed by atoms with Gasteiger partial charge in [0.2, 0.25) is 0 Å². The van der Waals surface area contributed by atoms with Crippen LogP contribution in [0.1, 0.15) is 53.9 Å². The first-order valence-electron chi connectivity index (χ1n) is 18.3. The molecule has 0 aromatic heterocycles. The molecule has 5 aromatic rings. The van der Waals surface area contributed by atoms with E-state index in [0.29, 0.717) is 24.0 Å². The second-order valence-electron chi connectivity index (χ2n) is 13.6. The monoisotopic (exact) mass is 713 g/mol. The zero-order chi connectivity index (χ0) is 36.4. The smallest absolute Gasteiger partial charge is 0.319 e. The Hall–Kier alpha value is -5.03. The van der Waals surface area contributed by atoms with Gasteiger partial charge < -0.3 is 34.7 Å². The van der Waals surface area contributed by atoms with Crippen LogP contribution in [0.4, 0.5) is 10.5 Å². The van der Waals surface area contributed by atoms with Gasteiger partial charge in [0.25, 0.3) is 0 Å². The van der Waals surface area contributed by atoms with E-state index >= 15 is 0 Å². The van der Waals surface area contributed by atoms with Gasteiger partial charge in [0, 0.05) is 43.9 Å². The first-order chi connectivity index (χ1) is 26.0. The number of carbonyl (C=O) groups is 1. The molecule has 2 saturated heterocycles. The molecule has 5 aromatic carbocycles. The summed E-state index contributed by atoms with van der Waals surface area (Å²) in [5.74, 6) is 1.44. The number of likely N-dealkylation sites (tertiary alicyclic amines) is 1. The molecule has 7 rings (SSSR count). The molecule has 53 heavy (non-hydrogen) atoms. The fourth-order valence-electron chi connectivity index (χ4n) is 7.17. The number of nitrogens with one attached hydrogen (secondary N) is 2. The summed E-state index contributed by atoms with van der Waals surface area (Å²) < 4.78 is 24.7. The van der Waals surface area contributed by atoms with Crippen LogP contribution in [0, 0.1) is 0 Å². The third-order valence-electron chi connectivity index (χ3n) is 9.95. The number of urea groups is 1. The van der Waals surface area contributed by atoms with Gasteiger partial charge in [-0.05, 0) is 83.6 Å². The quantitative estimate of drug-likeness (QED) is 0.112. The number of carbonyl (C=O) groups excluding carboxylic acids is 1. The van der Waals surface area contributed by atoms with E-state index in [1.807, 2.05) is 97.1 Å². The molecule has 9 heteroatoms. The molecular weight excluding hydrogens is 666 g/mol. The molecule has 0 radical (unpaired) electrons. The number of para-hydroxylation sites is 1. The molecule has 3 N–H and O–H groups in total. The summed E-state index contributed by atoms with van der Waals surface area (Å²) in [6, 6.07) is 41.4. The van der Waals surface area contributed by atoms with E-state index in [-0.39, 0.29) is 24.8 Å². The number of methoxy groups -OCH3 is 1. The molecule has 2 amide bonds. The second-order valence-corrected chi connectivity index (χ2v) is 13.6. The Kier molecular flexibility index (Phi) is 12.1. The third-order valence-corrected chi connectivity index (χ3v) is 9.95. The molecular formula is C44H47N3O6. The van der Waals surface area contributed by atoms with Gasteiger partial charge in [-0.1, -0.05) is 91.0 Å². The molecule has 274 valence electrons.